The van der Waals surface area contributed by atoms with Crippen LogP contribution < -0.4 is 4.72 Å². The Kier molecular flexibility index (Phi) is 5.41. The number of nitrogens with one attached hydrogen (secondary N) is 1. The lowest BCUT2D eigenvalue weighted by Gasteiger charge is -2.14. The van der Waals surface area contributed by atoms with Crippen LogP contribution in [0.4, 0.5) is 23.2 Å². The molecule has 0 atom stereocenters. The predicted octanol–water partition coefficient (Wildman–Crippen LogP) is 5.34. The molecule has 0 saturated heterocycles. The van der Waals surface area contributed by atoms with Crippen LogP contribution in [0.25, 0.3) is 22.2 Å². The smallest absolute Gasteiger partial charge is 0.336 e. The quantitative estimate of drug-likeness (QED) is 0.407. The average molecular weight is 463 g/mol. The molecule has 0 aliphatic heterocycles. The van der Waals surface area contributed by atoms with Gasteiger partial charge in [0.1, 0.15) is 11.5 Å². The van der Waals surface area contributed by atoms with Crippen molar-refractivity contribution < 1.29 is 26.0 Å². The van der Waals surface area contributed by atoms with Crippen molar-refractivity contribution in [3.05, 3.63) is 83.9 Å². The molecule has 0 spiro atoms. The van der Waals surface area contributed by atoms with Gasteiger partial charge in [0.25, 0.3) is 0 Å². The fraction of sp³-hybridized carbons (Fsp3) is 0.136. The molecule has 0 fully saturated rings. The number of aryl methyl sites for hydroxylation is 1. The van der Waals surface area contributed by atoms with Crippen LogP contribution in [0.1, 0.15) is 11.1 Å². The summed E-state index contributed by atoms with van der Waals surface area (Å²) in [5.74, 6) is -1.44. The van der Waals surface area contributed by atoms with Gasteiger partial charge in [-0.2, -0.15) is 13.2 Å². The third kappa shape index (κ3) is 4.59. The zero-order valence-corrected chi connectivity index (χ0v) is 17.5. The number of anilines is 1. The molecule has 10 heteroatoms. The van der Waals surface area contributed by atoms with Crippen LogP contribution in [0.15, 0.2) is 67.0 Å². The normalized spacial score (nSPS) is 12.3. The van der Waals surface area contributed by atoms with E-state index < -0.39 is 33.3 Å². The molecule has 0 unspecified atom stereocenters. The Balaban J connectivity index is 1.74. The van der Waals surface area contributed by atoms with Crippen molar-refractivity contribution in [2.75, 3.05) is 4.72 Å². The van der Waals surface area contributed by atoms with Gasteiger partial charge in [0.15, 0.2) is 0 Å². The van der Waals surface area contributed by atoms with Crippen molar-refractivity contribution in [2.24, 2.45) is 7.05 Å². The summed E-state index contributed by atoms with van der Waals surface area (Å²) < 4.78 is 83.3. The molecule has 0 aliphatic carbocycles. The molecule has 2 aromatic heterocycles. The zero-order valence-electron chi connectivity index (χ0n) is 16.7. The summed E-state index contributed by atoms with van der Waals surface area (Å²) in [6.07, 6.45) is -1.50. The molecule has 0 amide bonds. The molecule has 2 aromatic carbocycles. The van der Waals surface area contributed by atoms with E-state index in [2.05, 4.69) is 9.71 Å². The van der Waals surface area contributed by atoms with E-state index in [1.807, 2.05) is 0 Å². The minimum Gasteiger partial charge on any atom is -0.336 e. The summed E-state index contributed by atoms with van der Waals surface area (Å²) in [6, 6.07) is 11.7. The first-order chi connectivity index (χ1) is 15.0. The van der Waals surface area contributed by atoms with Crippen LogP contribution in [0.3, 0.4) is 0 Å². The van der Waals surface area contributed by atoms with Gasteiger partial charge < -0.3 is 4.57 Å². The number of halogens is 4. The highest BCUT2D eigenvalue weighted by atomic mass is 32.2. The van der Waals surface area contributed by atoms with Crippen LogP contribution >= 0.6 is 0 Å². The van der Waals surface area contributed by atoms with E-state index in [0.717, 1.165) is 17.5 Å². The van der Waals surface area contributed by atoms with Gasteiger partial charge in [-0.25, -0.2) is 17.8 Å². The maximum Gasteiger partial charge on any atom is 0.416 e. The van der Waals surface area contributed by atoms with Crippen LogP contribution in [-0.4, -0.2) is 18.0 Å². The van der Waals surface area contributed by atoms with Gasteiger partial charge in [0.2, 0.25) is 10.0 Å². The van der Waals surface area contributed by atoms with Crippen molar-refractivity contribution in [1.29, 1.82) is 0 Å². The number of fused-ring (bicyclic) bond motifs is 1. The third-order valence-corrected chi connectivity index (χ3v) is 6.12. The van der Waals surface area contributed by atoms with Gasteiger partial charge in [-0.15, -0.1) is 0 Å². The van der Waals surface area contributed by atoms with Crippen LogP contribution in [0.5, 0.6) is 0 Å². The molecule has 0 radical (unpaired) electrons. The molecular formula is C22H17F4N3O2S. The standard InChI is InChI=1S/C22H17F4N3O2S/c1-29-7-6-14-8-17(12-27-21(14)29)16-9-18(22(24,25)26)11-19(10-16)28-32(30,31)13-15-4-2-3-5-20(15)23/h2-12,28H,13H2,1H3. The number of pyridine rings is 1. The molecule has 0 aliphatic rings. The lowest BCUT2D eigenvalue weighted by molar-refractivity contribution is -0.137. The van der Waals surface area contributed by atoms with E-state index in [0.29, 0.717) is 17.3 Å². The van der Waals surface area contributed by atoms with Gasteiger partial charge in [-0.05, 0) is 42.0 Å². The van der Waals surface area contributed by atoms with Crippen molar-refractivity contribution >= 4 is 26.7 Å². The number of hydrogen-bond acceptors (Lipinski definition) is 3. The van der Waals surface area contributed by atoms with Crippen molar-refractivity contribution in [2.45, 2.75) is 11.9 Å². The van der Waals surface area contributed by atoms with Gasteiger partial charge in [0, 0.05) is 41.6 Å². The fourth-order valence-electron chi connectivity index (χ4n) is 3.37. The molecule has 166 valence electrons. The Labute approximate surface area is 181 Å². The first-order valence-corrected chi connectivity index (χ1v) is 11.0. The van der Waals surface area contributed by atoms with Crippen LogP contribution in [0.2, 0.25) is 0 Å². The number of benzene rings is 2. The summed E-state index contributed by atoms with van der Waals surface area (Å²) in [4.78, 5) is 4.28. The first-order valence-electron chi connectivity index (χ1n) is 9.39. The molecule has 32 heavy (non-hydrogen) atoms. The average Bonchev–Trinajstić information content (AvgIpc) is 3.08. The molecule has 4 rings (SSSR count). The van der Waals surface area contributed by atoms with Crippen molar-refractivity contribution in [1.82, 2.24) is 9.55 Å². The zero-order chi connectivity index (χ0) is 23.1. The molecule has 1 N–H and O–H groups in total. The lowest BCUT2D eigenvalue weighted by atomic mass is 10.0. The van der Waals surface area contributed by atoms with E-state index in [4.69, 9.17) is 0 Å². The topological polar surface area (TPSA) is 64.0 Å². The Bertz CT molecular complexity index is 1410. The molecule has 4 aromatic rings. The Morgan fingerprint density at radius 3 is 2.50 bits per heavy atom. The SMILES string of the molecule is Cn1ccc2cc(-c3cc(NS(=O)(=O)Cc4ccccc4F)cc(C(F)(F)F)c3)cnc21. The highest BCUT2D eigenvalue weighted by molar-refractivity contribution is 7.91. The summed E-state index contributed by atoms with van der Waals surface area (Å²) >= 11 is 0. The minimum absolute atomic E-state index is 0.0917. The van der Waals surface area contributed by atoms with Crippen LogP contribution in [-0.2, 0) is 29.0 Å². The second-order valence-electron chi connectivity index (χ2n) is 7.31. The maximum absolute atomic E-state index is 13.8. The van der Waals surface area contributed by atoms with E-state index in [1.54, 1.807) is 29.9 Å². The molecule has 5 nitrogen and oxygen atoms in total. The fourth-order valence-corrected chi connectivity index (χ4v) is 4.56. The number of nitrogens with zero attached hydrogens (tertiary/aromatic N) is 2. The number of hydrogen-bond donors (Lipinski definition) is 1. The largest absolute Gasteiger partial charge is 0.416 e. The summed E-state index contributed by atoms with van der Waals surface area (Å²) in [6.45, 7) is 0. The molecular weight excluding hydrogens is 446 g/mol. The first kappa shape index (κ1) is 21.8. The Hall–Kier alpha value is -3.40. The number of sulfonamides is 1. The summed E-state index contributed by atoms with van der Waals surface area (Å²) in [5.41, 5.74) is -0.199. The van der Waals surface area contributed by atoms with E-state index in [1.165, 1.54) is 30.5 Å². The van der Waals surface area contributed by atoms with Gasteiger partial charge in [-0.3, -0.25) is 4.72 Å². The highest BCUT2D eigenvalue weighted by Gasteiger charge is 2.32. The van der Waals surface area contributed by atoms with Gasteiger partial charge in [-0.1, -0.05) is 18.2 Å². The number of rotatable bonds is 5. The van der Waals surface area contributed by atoms with Gasteiger partial charge in [0.05, 0.1) is 11.3 Å². The van der Waals surface area contributed by atoms with Crippen molar-refractivity contribution in [3.63, 3.8) is 0 Å². The summed E-state index contributed by atoms with van der Waals surface area (Å²) in [7, 11) is -2.39. The third-order valence-electron chi connectivity index (χ3n) is 4.88. The number of alkyl halides is 3. The summed E-state index contributed by atoms with van der Waals surface area (Å²) in [5, 5.41) is 0.726. The Morgan fingerprint density at radius 2 is 1.78 bits per heavy atom. The maximum atomic E-state index is 13.8. The number of aromatic nitrogens is 2. The van der Waals surface area contributed by atoms with Crippen molar-refractivity contribution in [3.8, 4) is 11.1 Å². The van der Waals surface area contributed by atoms with E-state index in [9.17, 15) is 26.0 Å². The molecule has 2 heterocycles. The minimum atomic E-state index is -4.70. The molecule has 0 bridgehead atoms. The highest BCUT2D eigenvalue weighted by Crippen LogP contribution is 2.36. The van der Waals surface area contributed by atoms with Crippen LogP contribution in [0, 0.1) is 5.82 Å². The monoisotopic (exact) mass is 463 g/mol. The second kappa shape index (κ2) is 7.94. The van der Waals surface area contributed by atoms with Gasteiger partial charge >= 0.3 is 6.18 Å². The van der Waals surface area contributed by atoms with E-state index >= 15 is 0 Å². The van der Waals surface area contributed by atoms with E-state index in [-0.39, 0.29) is 16.8 Å². The predicted molar refractivity (Wildman–Crippen MR) is 114 cm³/mol. The molecule has 0 saturated carbocycles. The Morgan fingerprint density at radius 1 is 1.03 bits per heavy atom. The second-order valence-corrected chi connectivity index (χ2v) is 9.04. The lowest BCUT2D eigenvalue weighted by Crippen LogP contribution is -2.16.